The maximum Gasteiger partial charge on any atom is 0.261 e. The van der Waals surface area contributed by atoms with Gasteiger partial charge < -0.3 is 0 Å². The highest BCUT2D eigenvalue weighted by Crippen LogP contribution is 2.19. The molecule has 0 saturated heterocycles. The Balaban J connectivity index is 1.56. The monoisotopic (exact) mass is 390 g/mol. The maximum absolute atomic E-state index is 13.1. The van der Waals surface area contributed by atoms with Crippen LogP contribution in [0, 0.1) is 12.7 Å². The van der Waals surface area contributed by atoms with Crippen molar-refractivity contribution >= 4 is 11.9 Å². The molecule has 2 N–H and O–H groups in total. The largest absolute Gasteiger partial charge is 0.289 e. The average molecular weight is 390 g/mol. The summed E-state index contributed by atoms with van der Waals surface area (Å²) in [5.41, 5.74) is 3.96. The fraction of sp³-hybridized carbons (Fsp3) is 0.143. The number of amides is 1. The van der Waals surface area contributed by atoms with Crippen LogP contribution in [-0.4, -0.2) is 30.9 Å². The zero-order valence-electron chi connectivity index (χ0n) is 16.0. The van der Waals surface area contributed by atoms with Gasteiger partial charge in [0.05, 0.1) is 23.1 Å². The first-order chi connectivity index (χ1) is 14.0. The van der Waals surface area contributed by atoms with Gasteiger partial charge in [-0.05, 0) is 49.7 Å². The Morgan fingerprint density at radius 2 is 1.86 bits per heavy atom. The number of aryl methyl sites for hydroxylation is 1. The second kappa shape index (κ2) is 7.67. The van der Waals surface area contributed by atoms with Crippen molar-refractivity contribution < 1.29 is 9.18 Å². The van der Waals surface area contributed by atoms with Crippen LogP contribution in [0.3, 0.4) is 0 Å². The van der Waals surface area contributed by atoms with Crippen LogP contribution < -0.4 is 5.32 Å². The number of halogens is 1. The van der Waals surface area contributed by atoms with Gasteiger partial charge in [0, 0.05) is 5.56 Å². The minimum Gasteiger partial charge on any atom is -0.289 e. The smallest absolute Gasteiger partial charge is 0.261 e. The number of aromatic amines is 1. The normalized spacial score (nSPS) is 10.9. The van der Waals surface area contributed by atoms with Crippen molar-refractivity contribution in [2.75, 3.05) is 5.32 Å². The van der Waals surface area contributed by atoms with E-state index in [0.29, 0.717) is 23.4 Å². The van der Waals surface area contributed by atoms with Gasteiger partial charge in [-0.1, -0.05) is 24.6 Å². The minimum absolute atomic E-state index is 0.138. The van der Waals surface area contributed by atoms with Crippen LogP contribution in [0.1, 0.15) is 28.5 Å². The molecule has 7 nitrogen and oxygen atoms in total. The molecule has 0 aliphatic carbocycles. The lowest BCUT2D eigenvalue weighted by molar-refractivity contribution is 0.102. The van der Waals surface area contributed by atoms with Crippen molar-refractivity contribution in [3.8, 4) is 17.1 Å². The first-order valence-electron chi connectivity index (χ1n) is 9.19. The van der Waals surface area contributed by atoms with E-state index in [9.17, 15) is 9.18 Å². The van der Waals surface area contributed by atoms with E-state index in [1.807, 2.05) is 38.1 Å². The van der Waals surface area contributed by atoms with Gasteiger partial charge in [-0.3, -0.25) is 15.2 Å². The molecule has 0 unspecified atom stereocenters. The molecule has 2 heterocycles. The molecule has 8 heteroatoms. The number of carbonyl (C=O) groups excluding carboxylic acids is 1. The number of rotatable bonds is 5. The highest BCUT2D eigenvalue weighted by Gasteiger charge is 2.19. The van der Waals surface area contributed by atoms with Crippen molar-refractivity contribution in [3.63, 3.8) is 0 Å². The maximum atomic E-state index is 13.1. The second-order valence-corrected chi connectivity index (χ2v) is 6.57. The standard InChI is InChI=1S/C21H19FN6O/c1-3-18-17(12-23-28(18)16-10-4-13(2)5-11-16)20(29)25-21-24-19(26-27-21)14-6-8-15(22)9-7-14/h4-12H,3H2,1-2H3,(H2,24,25,26,27,29). The summed E-state index contributed by atoms with van der Waals surface area (Å²) in [5.74, 6) is -0.102. The molecule has 0 spiro atoms. The summed E-state index contributed by atoms with van der Waals surface area (Å²) < 4.78 is 14.8. The van der Waals surface area contributed by atoms with Crippen molar-refractivity contribution in [3.05, 3.63) is 77.4 Å². The van der Waals surface area contributed by atoms with Gasteiger partial charge in [0.25, 0.3) is 5.91 Å². The topological polar surface area (TPSA) is 88.5 Å². The van der Waals surface area contributed by atoms with Crippen LogP contribution >= 0.6 is 0 Å². The number of nitrogens with zero attached hydrogens (tertiary/aromatic N) is 4. The Morgan fingerprint density at radius 1 is 1.14 bits per heavy atom. The Kier molecular flexibility index (Phi) is 4.90. The van der Waals surface area contributed by atoms with E-state index < -0.39 is 0 Å². The highest BCUT2D eigenvalue weighted by molar-refractivity contribution is 6.04. The first-order valence-corrected chi connectivity index (χ1v) is 9.19. The van der Waals surface area contributed by atoms with Crippen LogP contribution in [0.4, 0.5) is 10.3 Å². The van der Waals surface area contributed by atoms with E-state index in [-0.39, 0.29) is 17.7 Å². The van der Waals surface area contributed by atoms with E-state index in [2.05, 4.69) is 25.6 Å². The summed E-state index contributed by atoms with van der Waals surface area (Å²) in [4.78, 5) is 17.0. The summed E-state index contributed by atoms with van der Waals surface area (Å²) in [6, 6.07) is 13.8. The number of anilines is 1. The fourth-order valence-electron chi connectivity index (χ4n) is 3.04. The lowest BCUT2D eigenvalue weighted by Gasteiger charge is -2.08. The number of carbonyl (C=O) groups is 1. The second-order valence-electron chi connectivity index (χ2n) is 6.57. The molecule has 4 rings (SSSR count). The first kappa shape index (κ1) is 18.5. The Hall–Kier alpha value is -3.81. The summed E-state index contributed by atoms with van der Waals surface area (Å²) in [5, 5.41) is 13.8. The van der Waals surface area contributed by atoms with Crippen molar-refractivity contribution in [1.82, 2.24) is 25.0 Å². The lowest BCUT2D eigenvalue weighted by atomic mass is 10.1. The Bertz CT molecular complexity index is 1140. The molecule has 0 atom stereocenters. The summed E-state index contributed by atoms with van der Waals surface area (Å²) in [6.45, 7) is 3.99. The molecular weight excluding hydrogens is 371 g/mol. The van der Waals surface area contributed by atoms with Gasteiger partial charge in [-0.2, -0.15) is 10.1 Å². The molecule has 1 amide bonds. The molecule has 0 bridgehead atoms. The van der Waals surface area contributed by atoms with Crippen LogP contribution in [0.2, 0.25) is 0 Å². The predicted octanol–water partition coefficient (Wildman–Crippen LogP) is 3.92. The van der Waals surface area contributed by atoms with E-state index in [1.165, 1.54) is 12.1 Å². The third-order valence-electron chi connectivity index (χ3n) is 4.56. The highest BCUT2D eigenvalue weighted by atomic mass is 19.1. The quantitative estimate of drug-likeness (QED) is 0.541. The molecule has 2 aromatic heterocycles. The molecule has 0 radical (unpaired) electrons. The summed E-state index contributed by atoms with van der Waals surface area (Å²) >= 11 is 0. The van der Waals surface area contributed by atoms with Gasteiger partial charge in [0.15, 0.2) is 5.82 Å². The van der Waals surface area contributed by atoms with E-state index >= 15 is 0 Å². The van der Waals surface area contributed by atoms with E-state index in [1.54, 1.807) is 23.0 Å². The van der Waals surface area contributed by atoms with Crippen LogP contribution in [0.5, 0.6) is 0 Å². The SMILES string of the molecule is CCc1c(C(=O)Nc2n[nH]c(-c3ccc(F)cc3)n2)cnn1-c1ccc(C)cc1. The molecule has 0 aliphatic rings. The van der Waals surface area contributed by atoms with Gasteiger partial charge in [0.2, 0.25) is 5.95 Å². The number of hydrogen-bond donors (Lipinski definition) is 2. The molecule has 0 aliphatic heterocycles. The molecule has 4 aromatic rings. The molecule has 0 fully saturated rings. The zero-order chi connectivity index (χ0) is 20.4. The Morgan fingerprint density at radius 3 is 2.55 bits per heavy atom. The number of benzene rings is 2. The van der Waals surface area contributed by atoms with Crippen molar-refractivity contribution in [1.29, 1.82) is 0 Å². The van der Waals surface area contributed by atoms with Crippen LogP contribution in [-0.2, 0) is 6.42 Å². The van der Waals surface area contributed by atoms with Crippen LogP contribution in [0.15, 0.2) is 54.7 Å². The molecule has 0 saturated carbocycles. The third kappa shape index (κ3) is 3.77. The van der Waals surface area contributed by atoms with Gasteiger partial charge in [0.1, 0.15) is 5.82 Å². The lowest BCUT2D eigenvalue weighted by Crippen LogP contribution is -2.15. The predicted molar refractivity (Wildman–Crippen MR) is 107 cm³/mol. The number of aromatic nitrogens is 5. The summed E-state index contributed by atoms with van der Waals surface area (Å²) in [6.07, 6.45) is 2.17. The molecule has 2 aromatic carbocycles. The van der Waals surface area contributed by atoms with Crippen molar-refractivity contribution in [2.24, 2.45) is 0 Å². The minimum atomic E-state index is -0.343. The van der Waals surface area contributed by atoms with Gasteiger partial charge in [-0.15, -0.1) is 5.10 Å². The molecular formula is C21H19FN6O. The van der Waals surface area contributed by atoms with Crippen LogP contribution in [0.25, 0.3) is 17.1 Å². The molecule has 29 heavy (non-hydrogen) atoms. The van der Waals surface area contributed by atoms with Crippen molar-refractivity contribution in [2.45, 2.75) is 20.3 Å². The average Bonchev–Trinajstić information content (AvgIpc) is 3.36. The van der Waals surface area contributed by atoms with E-state index in [0.717, 1.165) is 16.9 Å². The fourth-order valence-corrected chi connectivity index (χ4v) is 3.04. The number of hydrogen-bond acceptors (Lipinski definition) is 4. The van der Waals surface area contributed by atoms with Gasteiger partial charge in [-0.25, -0.2) is 9.07 Å². The zero-order valence-corrected chi connectivity index (χ0v) is 16.0. The molecule has 146 valence electrons. The van der Waals surface area contributed by atoms with E-state index in [4.69, 9.17) is 0 Å². The third-order valence-corrected chi connectivity index (χ3v) is 4.56. The number of H-pyrrole nitrogens is 1. The summed E-state index contributed by atoms with van der Waals surface area (Å²) in [7, 11) is 0. The number of nitrogens with one attached hydrogen (secondary N) is 2. The Labute approximate surface area is 166 Å². The van der Waals surface area contributed by atoms with Gasteiger partial charge >= 0.3 is 0 Å².